The fourth-order valence-corrected chi connectivity index (χ4v) is 1.23. The number of azide groups is 1. The molecule has 0 bridgehead atoms. The zero-order chi connectivity index (χ0) is 12.5. The van der Waals surface area contributed by atoms with Crippen molar-refractivity contribution in [3.05, 3.63) is 70.1 Å². The first-order valence-electron chi connectivity index (χ1n) is 4.91. The van der Waals surface area contributed by atoms with Crippen molar-refractivity contribution < 1.29 is 27.0 Å². The van der Waals surface area contributed by atoms with Crippen LogP contribution in [0.4, 0.5) is 0 Å². The third kappa shape index (κ3) is 5.36. The van der Waals surface area contributed by atoms with Crippen molar-refractivity contribution in [3.8, 4) is 0 Å². The van der Waals surface area contributed by atoms with E-state index in [9.17, 15) is 4.79 Å². The van der Waals surface area contributed by atoms with Gasteiger partial charge < -0.3 is 40.2 Å². The summed E-state index contributed by atoms with van der Waals surface area (Å²) >= 11 is 0. The van der Waals surface area contributed by atoms with E-state index in [0.29, 0.717) is 5.56 Å². The third-order valence-corrected chi connectivity index (χ3v) is 2.00. The van der Waals surface area contributed by atoms with Gasteiger partial charge in [-0.2, -0.15) is 18.2 Å². The molecule has 2 aromatic rings. The van der Waals surface area contributed by atoms with Gasteiger partial charge in [0.25, 0.3) is 0 Å². The van der Waals surface area contributed by atoms with Crippen LogP contribution < -0.4 is 0 Å². The molecule has 0 aliphatic heterocycles. The molecule has 2 rings (SSSR count). The molecule has 0 aliphatic carbocycles. The molecule has 0 aliphatic rings. The molecule has 2 aromatic carbocycles. The number of hydrogen-bond acceptors (Lipinski definition) is 2. The van der Waals surface area contributed by atoms with E-state index in [1.54, 1.807) is 12.1 Å². The second-order valence-electron chi connectivity index (χ2n) is 3.12. The normalized spacial score (nSPS) is 8.22. The van der Waals surface area contributed by atoms with Crippen molar-refractivity contribution in [1.82, 2.24) is 0 Å². The minimum absolute atomic E-state index is 0. The van der Waals surface area contributed by atoms with Crippen LogP contribution in [0, 0.1) is 0 Å². The quantitative estimate of drug-likeness (QED) is 0.308. The van der Waals surface area contributed by atoms with E-state index in [-0.39, 0.29) is 29.2 Å². The van der Waals surface area contributed by atoms with E-state index < -0.39 is 5.97 Å². The van der Waals surface area contributed by atoms with Crippen LogP contribution in [0.25, 0.3) is 10.4 Å². The van der Waals surface area contributed by atoms with E-state index in [1.165, 1.54) is 6.07 Å². The van der Waals surface area contributed by atoms with Crippen LogP contribution in [-0.2, 0) is 23.6 Å². The number of carboxylic acid groups (broad SMARTS) is 1. The molecule has 0 radical (unpaired) electrons. The molecular weight excluding hydrogens is 274 g/mol. The van der Waals surface area contributed by atoms with Gasteiger partial charge in [0.15, 0.2) is 0 Å². The van der Waals surface area contributed by atoms with E-state index >= 15 is 0 Å². The van der Waals surface area contributed by atoms with Crippen LogP contribution in [0.3, 0.4) is 0 Å². The topological polar surface area (TPSA) is 86.1 Å². The number of nitrogens with zero attached hydrogens (tertiary/aromatic N) is 3. The molecule has 100 valence electrons. The number of carbonyl (C=O) groups is 1. The number of aromatic carboxylic acids is 1. The summed E-state index contributed by atoms with van der Waals surface area (Å²) in [5.74, 6) is -0.997. The van der Waals surface area contributed by atoms with Crippen LogP contribution >= 0.6 is 0 Å². The molecular formula is C12H11FeN3O2-6. The molecule has 0 spiro atoms. The predicted molar refractivity (Wildman–Crippen MR) is 63.9 cm³/mol. The summed E-state index contributed by atoms with van der Waals surface area (Å²) < 4.78 is 0. The van der Waals surface area contributed by atoms with Crippen LogP contribution in [0.15, 0.2) is 53.6 Å². The number of carboxylic acids is 1. The summed E-state index contributed by atoms with van der Waals surface area (Å²) in [5, 5.41) is 11.9. The molecule has 0 heterocycles. The van der Waals surface area contributed by atoms with Gasteiger partial charge in [-0.15, -0.1) is 5.56 Å². The smallest absolute Gasteiger partial charge is 0.247 e. The fourth-order valence-electron chi connectivity index (χ4n) is 1.23. The summed E-state index contributed by atoms with van der Waals surface area (Å²) in [4.78, 5) is 13.1. The van der Waals surface area contributed by atoms with Crippen LogP contribution in [0.1, 0.15) is 15.9 Å². The summed E-state index contributed by atoms with van der Waals surface area (Å²) in [6.07, 6.45) is 0. The summed E-state index contributed by atoms with van der Waals surface area (Å²) in [6.45, 7) is 0.0884. The minimum Gasteiger partial charge on any atom is -0.748 e. The Kier molecular flexibility index (Phi) is 8.07. The SMILES string of the molecule is [Fe].[N-]=[N+]=NC[c-]1cccc1C(=O)O.[cH-]1[cH-][cH-][cH-][cH-]1. The molecule has 5 nitrogen and oxygen atoms in total. The van der Waals surface area contributed by atoms with E-state index in [2.05, 4.69) is 10.0 Å². The van der Waals surface area contributed by atoms with Gasteiger partial charge in [-0.05, 0) is 5.53 Å². The maximum atomic E-state index is 10.5. The molecule has 0 unspecified atom stereocenters. The average molecular weight is 285 g/mol. The number of hydrogen-bond donors (Lipinski definition) is 1. The first-order valence-corrected chi connectivity index (χ1v) is 4.91. The molecule has 6 heteroatoms. The van der Waals surface area contributed by atoms with Gasteiger partial charge in [-0.1, -0.05) is 10.7 Å². The van der Waals surface area contributed by atoms with Crippen molar-refractivity contribution >= 4 is 5.97 Å². The monoisotopic (exact) mass is 285 g/mol. The summed E-state index contributed by atoms with van der Waals surface area (Å²) in [6, 6.07) is 14.7. The van der Waals surface area contributed by atoms with Crippen LogP contribution in [-0.4, -0.2) is 11.1 Å². The van der Waals surface area contributed by atoms with E-state index in [1.807, 2.05) is 30.3 Å². The van der Waals surface area contributed by atoms with E-state index in [4.69, 9.17) is 10.6 Å². The molecule has 0 saturated carbocycles. The standard InChI is InChI=1S/C7H6N3O2.C5H5.Fe/c8-10-9-4-5-2-1-3-6(5)7(11)12;1-2-4-5-3-1;/h1-3H,4H2,(H,11,12);1-5H;/q-1;-5;. The zero-order valence-electron chi connectivity index (χ0n) is 9.38. The van der Waals surface area contributed by atoms with Gasteiger partial charge >= 0.3 is 0 Å². The molecule has 0 fully saturated rings. The predicted octanol–water partition coefficient (Wildman–Crippen LogP) is 3.32. The summed E-state index contributed by atoms with van der Waals surface area (Å²) in [5.41, 5.74) is 8.74. The zero-order valence-corrected chi connectivity index (χ0v) is 10.5. The Bertz CT molecular complexity index is 482. The number of rotatable bonds is 3. The van der Waals surface area contributed by atoms with Crippen molar-refractivity contribution in [2.45, 2.75) is 6.54 Å². The van der Waals surface area contributed by atoms with Crippen molar-refractivity contribution in [2.24, 2.45) is 5.11 Å². The Morgan fingerprint density at radius 3 is 2.39 bits per heavy atom. The van der Waals surface area contributed by atoms with Gasteiger partial charge in [0, 0.05) is 28.5 Å². The summed E-state index contributed by atoms with van der Waals surface area (Å²) in [7, 11) is 0. The second kappa shape index (κ2) is 9.07. The Morgan fingerprint density at radius 2 is 1.94 bits per heavy atom. The van der Waals surface area contributed by atoms with Gasteiger partial charge in [-0.3, -0.25) is 0 Å². The van der Waals surface area contributed by atoms with E-state index in [0.717, 1.165) is 0 Å². The maximum absolute atomic E-state index is 10.5. The first kappa shape index (κ1) is 16.0. The molecule has 0 atom stereocenters. The van der Waals surface area contributed by atoms with Crippen LogP contribution in [0.5, 0.6) is 0 Å². The van der Waals surface area contributed by atoms with Crippen molar-refractivity contribution in [3.63, 3.8) is 0 Å². The van der Waals surface area contributed by atoms with Crippen molar-refractivity contribution in [1.29, 1.82) is 0 Å². The maximum Gasteiger partial charge on any atom is 0.247 e. The van der Waals surface area contributed by atoms with Gasteiger partial charge in [-0.25, -0.2) is 0 Å². The molecule has 18 heavy (non-hydrogen) atoms. The van der Waals surface area contributed by atoms with Crippen LogP contribution in [0.2, 0.25) is 0 Å². The molecule has 0 aromatic heterocycles. The average Bonchev–Trinajstić information content (AvgIpc) is 2.99. The molecule has 0 amide bonds. The van der Waals surface area contributed by atoms with Crippen molar-refractivity contribution in [2.75, 3.05) is 0 Å². The fraction of sp³-hybridized carbons (Fsp3) is 0.0833. The Balaban J connectivity index is 0.000000405. The molecule has 0 saturated heterocycles. The van der Waals surface area contributed by atoms with Gasteiger partial charge in [0.2, 0.25) is 5.97 Å². The largest absolute Gasteiger partial charge is 0.748 e. The third-order valence-electron chi connectivity index (χ3n) is 2.00. The Morgan fingerprint density at radius 1 is 1.39 bits per heavy atom. The Hall–Kier alpha value is -2.00. The molecule has 1 N–H and O–H groups in total. The Labute approximate surface area is 115 Å². The minimum atomic E-state index is -0.997. The second-order valence-corrected chi connectivity index (χ2v) is 3.12. The first-order chi connectivity index (χ1) is 8.25. The van der Waals surface area contributed by atoms with Gasteiger partial charge in [0.05, 0.1) is 0 Å². The van der Waals surface area contributed by atoms with Gasteiger partial charge in [0.1, 0.15) is 0 Å².